The van der Waals surface area contributed by atoms with Gasteiger partial charge in [-0.25, -0.2) is 13.2 Å². The molecular formula is C19H20N4O6S. The van der Waals surface area contributed by atoms with Gasteiger partial charge in [-0.15, -0.1) is 0 Å². The van der Waals surface area contributed by atoms with Crippen LogP contribution in [0.4, 0.5) is 5.69 Å². The first-order chi connectivity index (χ1) is 14.2. The molecule has 2 aromatic rings. The number of sulfonamides is 1. The fourth-order valence-corrected chi connectivity index (χ4v) is 5.18. The predicted molar refractivity (Wildman–Crippen MR) is 105 cm³/mol. The van der Waals surface area contributed by atoms with Gasteiger partial charge in [0.15, 0.2) is 5.69 Å². The number of carbonyl (C=O) groups excluding carboxylic acids is 1. The molecule has 3 rings (SSSR count). The van der Waals surface area contributed by atoms with Gasteiger partial charge in [-0.05, 0) is 37.5 Å². The number of nitriles is 1. The number of hydrogen-bond donors (Lipinski definition) is 2. The van der Waals surface area contributed by atoms with Gasteiger partial charge in [0, 0.05) is 18.4 Å². The summed E-state index contributed by atoms with van der Waals surface area (Å²) in [6.07, 6.45) is 2.74. The number of carbonyl (C=O) groups is 2. The lowest BCUT2D eigenvalue weighted by Gasteiger charge is -2.31. The van der Waals surface area contributed by atoms with Crippen LogP contribution in [-0.4, -0.2) is 54.0 Å². The average molecular weight is 432 g/mol. The first-order valence-electron chi connectivity index (χ1n) is 9.06. The highest BCUT2D eigenvalue weighted by molar-refractivity contribution is 7.89. The Labute approximate surface area is 173 Å². The first-order valence-corrected chi connectivity index (χ1v) is 10.5. The zero-order chi connectivity index (χ0) is 22.1. The number of hydrogen-bond acceptors (Lipinski definition) is 7. The van der Waals surface area contributed by atoms with Crippen LogP contribution >= 0.6 is 0 Å². The molecule has 0 spiro atoms. The number of benzene rings is 1. The van der Waals surface area contributed by atoms with E-state index in [1.807, 2.05) is 6.07 Å². The highest BCUT2D eigenvalue weighted by Crippen LogP contribution is 2.29. The molecule has 30 heavy (non-hydrogen) atoms. The van der Waals surface area contributed by atoms with Gasteiger partial charge in [0.05, 0.1) is 23.3 Å². The van der Waals surface area contributed by atoms with Crippen LogP contribution in [0.5, 0.6) is 0 Å². The van der Waals surface area contributed by atoms with Crippen molar-refractivity contribution in [3.05, 3.63) is 41.7 Å². The van der Waals surface area contributed by atoms with Crippen molar-refractivity contribution in [1.82, 2.24) is 8.87 Å². The highest BCUT2D eigenvalue weighted by Gasteiger charge is 2.37. The van der Waals surface area contributed by atoms with Gasteiger partial charge in [-0.2, -0.15) is 9.57 Å². The Morgan fingerprint density at radius 2 is 2.07 bits per heavy atom. The molecule has 0 aliphatic carbocycles. The molecule has 0 radical (unpaired) electrons. The molecule has 1 fully saturated rings. The molecule has 1 aliphatic heterocycles. The molecule has 1 atom stereocenters. The number of nitrogens with two attached hydrogens (primary N) is 1. The van der Waals surface area contributed by atoms with Crippen LogP contribution in [0.15, 0.2) is 35.4 Å². The van der Waals surface area contributed by atoms with E-state index >= 15 is 0 Å². The number of esters is 1. The average Bonchev–Trinajstić information content (AvgIpc) is 3.09. The fourth-order valence-electron chi connectivity index (χ4n) is 3.49. The summed E-state index contributed by atoms with van der Waals surface area (Å²) >= 11 is 0. The Hall–Kier alpha value is -3.36. The minimum absolute atomic E-state index is 0.0330. The van der Waals surface area contributed by atoms with Gasteiger partial charge in [0.1, 0.15) is 12.1 Å². The molecule has 1 aliphatic rings. The topological polar surface area (TPSA) is 156 Å². The monoisotopic (exact) mass is 432 g/mol. The quantitative estimate of drug-likeness (QED) is 0.671. The second-order valence-corrected chi connectivity index (χ2v) is 8.63. The van der Waals surface area contributed by atoms with Crippen LogP contribution < -0.4 is 5.73 Å². The van der Waals surface area contributed by atoms with E-state index < -0.39 is 28.0 Å². The summed E-state index contributed by atoms with van der Waals surface area (Å²) in [5, 5.41) is 18.7. The van der Waals surface area contributed by atoms with E-state index in [9.17, 15) is 28.4 Å². The minimum Gasteiger partial charge on any atom is -0.480 e. The highest BCUT2D eigenvalue weighted by atomic mass is 32.2. The standard InChI is InChI=1S/C19H20N4O6S/c1-29-19(26)17-16(21)12(10-20)11-22(17)13-5-4-6-14(9-13)30(27,28)23-8-3-2-7-15(23)18(24)25/h4-6,9,11,15H,2-3,7-8,21H2,1H3,(H,24,25). The lowest BCUT2D eigenvalue weighted by atomic mass is 10.1. The number of piperidine rings is 1. The number of rotatable bonds is 5. The van der Waals surface area contributed by atoms with Gasteiger partial charge >= 0.3 is 11.9 Å². The summed E-state index contributed by atoms with van der Waals surface area (Å²) in [4.78, 5) is 23.6. The van der Waals surface area contributed by atoms with E-state index in [4.69, 9.17) is 10.5 Å². The lowest BCUT2D eigenvalue weighted by molar-refractivity contribution is -0.142. The molecule has 11 heteroatoms. The van der Waals surface area contributed by atoms with Crippen LogP contribution in [0, 0.1) is 11.3 Å². The Morgan fingerprint density at radius 1 is 1.33 bits per heavy atom. The first kappa shape index (κ1) is 21.4. The SMILES string of the molecule is COC(=O)c1c(N)c(C#N)cn1-c1cccc(S(=O)(=O)N2CCCCC2C(=O)O)c1. The van der Waals surface area contributed by atoms with Crippen molar-refractivity contribution in [2.45, 2.75) is 30.2 Å². The number of carboxylic acids is 1. The van der Waals surface area contributed by atoms with Crippen molar-refractivity contribution in [2.75, 3.05) is 19.4 Å². The van der Waals surface area contributed by atoms with E-state index in [0.717, 1.165) is 11.4 Å². The van der Waals surface area contributed by atoms with Crippen molar-refractivity contribution >= 4 is 27.6 Å². The van der Waals surface area contributed by atoms with Gasteiger partial charge in [0.25, 0.3) is 0 Å². The third-order valence-electron chi connectivity index (χ3n) is 4.98. The van der Waals surface area contributed by atoms with Crippen molar-refractivity contribution in [3.8, 4) is 11.8 Å². The third-order valence-corrected chi connectivity index (χ3v) is 6.89. The van der Waals surface area contributed by atoms with Crippen LogP contribution in [0.2, 0.25) is 0 Å². The molecule has 158 valence electrons. The molecule has 1 aromatic heterocycles. The molecule has 0 amide bonds. The van der Waals surface area contributed by atoms with E-state index in [-0.39, 0.29) is 40.5 Å². The number of aliphatic carboxylic acids is 1. The number of aromatic nitrogens is 1. The number of carboxylic acid groups (broad SMARTS) is 1. The predicted octanol–water partition coefficient (Wildman–Crippen LogP) is 1.35. The molecular weight excluding hydrogens is 412 g/mol. The molecule has 1 unspecified atom stereocenters. The Balaban J connectivity index is 2.11. The largest absolute Gasteiger partial charge is 0.480 e. The molecule has 0 saturated carbocycles. The number of ether oxygens (including phenoxy) is 1. The molecule has 3 N–H and O–H groups in total. The summed E-state index contributed by atoms with van der Waals surface area (Å²) in [5.41, 5.74) is 5.99. The minimum atomic E-state index is -4.11. The maximum atomic E-state index is 13.2. The van der Waals surface area contributed by atoms with Crippen LogP contribution in [-0.2, 0) is 19.6 Å². The maximum absolute atomic E-state index is 13.2. The number of anilines is 1. The normalized spacial score (nSPS) is 17.3. The Kier molecular flexibility index (Phi) is 5.82. The molecule has 1 aromatic carbocycles. The van der Waals surface area contributed by atoms with Crippen molar-refractivity contribution in [1.29, 1.82) is 5.26 Å². The maximum Gasteiger partial charge on any atom is 0.357 e. The van der Waals surface area contributed by atoms with Gasteiger partial charge in [-0.3, -0.25) is 4.79 Å². The number of nitrogens with zero attached hydrogens (tertiary/aromatic N) is 3. The summed E-state index contributed by atoms with van der Waals surface area (Å²) < 4.78 is 33.3. The van der Waals surface area contributed by atoms with Gasteiger partial charge < -0.3 is 20.1 Å². The molecule has 2 heterocycles. The van der Waals surface area contributed by atoms with E-state index in [1.54, 1.807) is 0 Å². The fraction of sp³-hybridized carbons (Fsp3) is 0.316. The second-order valence-electron chi connectivity index (χ2n) is 6.74. The number of nitrogen functional groups attached to an aromatic ring is 1. The summed E-state index contributed by atoms with van der Waals surface area (Å²) in [7, 11) is -2.95. The zero-order valence-corrected chi connectivity index (χ0v) is 16.9. The van der Waals surface area contributed by atoms with Gasteiger partial charge in [-0.1, -0.05) is 6.07 Å². The van der Waals surface area contributed by atoms with E-state index in [1.165, 1.54) is 35.0 Å². The number of methoxy groups -OCH3 is 1. The van der Waals surface area contributed by atoms with E-state index in [0.29, 0.717) is 12.8 Å². The van der Waals surface area contributed by atoms with Crippen LogP contribution in [0.3, 0.4) is 0 Å². The van der Waals surface area contributed by atoms with Crippen LogP contribution in [0.1, 0.15) is 35.3 Å². The zero-order valence-electron chi connectivity index (χ0n) is 16.1. The summed E-state index contributed by atoms with van der Waals surface area (Å²) in [6, 6.07) is 6.39. The van der Waals surface area contributed by atoms with Gasteiger partial charge in [0.2, 0.25) is 10.0 Å². The van der Waals surface area contributed by atoms with Crippen molar-refractivity contribution < 1.29 is 27.9 Å². The van der Waals surface area contributed by atoms with E-state index in [2.05, 4.69) is 0 Å². The third kappa shape index (κ3) is 3.62. The molecule has 10 nitrogen and oxygen atoms in total. The van der Waals surface area contributed by atoms with Crippen molar-refractivity contribution in [2.24, 2.45) is 0 Å². The Bertz CT molecular complexity index is 1150. The summed E-state index contributed by atoms with van der Waals surface area (Å²) in [6.45, 7) is 0.103. The van der Waals surface area contributed by atoms with Crippen LogP contribution in [0.25, 0.3) is 5.69 Å². The van der Waals surface area contributed by atoms with Crippen molar-refractivity contribution in [3.63, 3.8) is 0 Å². The molecule has 0 bridgehead atoms. The Morgan fingerprint density at radius 3 is 2.70 bits per heavy atom. The second kappa shape index (κ2) is 8.17. The lowest BCUT2D eigenvalue weighted by Crippen LogP contribution is -2.47. The molecule has 1 saturated heterocycles. The summed E-state index contributed by atoms with van der Waals surface area (Å²) in [5.74, 6) is -1.98. The smallest absolute Gasteiger partial charge is 0.357 e.